The van der Waals surface area contributed by atoms with E-state index in [0.717, 1.165) is 0 Å². The molecule has 3 N–H and O–H groups in total. The maximum absolute atomic E-state index is 13.1. The number of hydrogen-bond acceptors (Lipinski definition) is 3. The number of aliphatic carboxylic acids is 1. The van der Waals surface area contributed by atoms with Crippen LogP contribution in [0.5, 0.6) is 0 Å². The Balaban J connectivity index is 2.84. The fourth-order valence-corrected chi connectivity index (χ4v) is 2.42. The van der Waals surface area contributed by atoms with Gasteiger partial charge in [-0.1, -0.05) is 22.6 Å². The third kappa shape index (κ3) is 1.84. The number of halogens is 3. The van der Waals surface area contributed by atoms with Crippen molar-refractivity contribution in [1.29, 1.82) is 0 Å². The minimum Gasteiger partial charge on any atom is -0.481 e. The number of aliphatic hydroxyl groups excluding tert-OH is 2. The third-order valence-corrected chi connectivity index (χ3v) is 3.88. The van der Waals surface area contributed by atoms with Gasteiger partial charge in [-0.2, -0.15) is 0 Å². The van der Waals surface area contributed by atoms with Gasteiger partial charge in [0.05, 0.1) is 12.5 Å². The molecule has 4 nitrogen and oxygen atoms in total. The molecule has 0 aromatic rings. The van der Waals surface area contributed by atoms with E-state index < -0.39 is 40.4 Å². The summed E-state index contributed by atoms with van der Waals surface area (Å²) in [5.41, 5.74) is 0. The molecule has 0 aromatic carbocycles. The Labute approximate surface area is 92.1 Å². The zero-order valence-corrected chi connectivity index (χ0v) is 9.06. The molecule has 1 rings (SSSR count). The van der Waals surface area contributed by atoms with Crippen LogP contribution in [-0.4, -0.2) is 43.3 Å². The number of hydrogen-bond donors (Lipinski definition) is 3. The summed E-state index contributed by atoms with van der Waals surface area (Å²) in [5, 5.41) is 26.8. The molecular weight excluding hydrogens is 313 g/mol. The van der Waals surface area contributed by atoms with Gasteiger partial charge < -0.3 is 15.3 Å². The Morgan fingerprint density at radius 1 is 1.43 bits per heavy atom. The van der Waals surface area contributed by atoms with Crippen molar-refractivity contribution in [2.24, 2.45) is 5.92 Å². The second-order valence-corrected chi connectivity index (χ2v) is 4.62. The molecule has 7 heteroatoms. The van der Waals surface area contributed by atoms with Crippen LogP contribution in [0.2, 0.25) is 0 Å². The summed E-state index contributed by atoms with van der Waals surface area (Å²) < 4.78 is 24.7. The van der Waals surface area contributed by atoms with Crippen LogP contribution < -0.4 is 0 Å². The van der Waals surface area contributed by atoms with E-state index in [1.807, 2.05) is 0 Å². The van der Waals surface area contributed by atoms with Crippen LogP contribution in [0.25, 0.3) is 0 Å². The highest BCUT2D eigenvalue weighted by Crippen LogP contribution is 2.45. The molecule has 4 unspecified atom stereocenters. The summed E-state index contributed by atoms with van der Waals surface area (Å²) >= 11 is 1.32. The van der Waals surface area contributed by atoms with E-state index >= 15 is 0 Å². The van der Waals surface area contributed by atoms with Crippen molar-refractivity contribution in [3.63, 3.8) is 0 Å². The molecule has 0 aliphatic heterocycles. The molecule has 1 aliphatic rings. The molecule has 0 heterocycles. The lowest BCUT2D eigenvalue weighted by Crippen LogP contribution is -2.36. The summed E-state index contributed by atoms with van der Waals surface area (Å²) in [6.07, 6.45) is -4.23. The van der Waals surface area contributed by atoms with Crippen molar-refractivity contribution in [1.82, 2.24) is 0 Å². The first kappa shape index (κ1) is 12.1. The highest BCUT2D eigenvalue weighted by molar-refractivity contribution is 14.1. The fourth-order valence-electron chi connectivity index (χ4n) is 1.51. The average Bonchev–Trinajstić information content (AvgIpc) is 2.20. The number of rotatable bonds is 2. The Hall–Kier alpha value is -0.0200. The molecule has 0 radical (unpaired) electrons. The van der Waals surface area contributed by atoms with Gasteiger partial charge in [-0.15, -0.1) is 0 Å². The molecular formula is C7H9F2IO4. The van der Waals surface area contributed by atoms with E-state index in [9.17, 15) is 18.7 Å². The largest absolute Gasteiger partial charge is 0.481 e. The molecule has 0 spiro atoms. The second kappa shape index (κ2) is 3.86. The normalized spacial score (nSPS) is 41.2. The second-order valence-electron chi connectivity index (χ2n) is 3.27. The molecule has 4 atom stereocenters. The van der Waals surface area contributed by atoms with E-state index in [1.165, 1.54) is 22.6 Å². The van der Waals surface area contributed by atoms with Gasteiger partial charge in [-0.25, -0.2) is 8.78 Å². The molecule has 82 valence electrons. The zero-order valence-electron chi connectivity index (χ0n) is 6.90. The molecule has 1 aliphatic carbocycles. The van der Waals surface area contributed by atoms with Crippen LogP contribution in [0.3, 0.4) is 0 Å². The van der Waals surface area contributed by atoms with Crippen LogP contribution in [0.1, 0.15) is 6.42 Å². The van der Waals surface area contributed by atoms with Crippen molar-refractivity contribution in [3.05, 3.63) is 0 Å². The Morgan fingerprint density at radius 3 is 2.21 bits per heavy atom. The summed E-state index contributed by atoms with van der Waals surface area (Å²) in [6, 6.07) is 0. The fraction of sp³-hybridized carbons (Fsp3) is 0.857. The van der Waals surface area contributed by atoms with Crippen molar-refractivity contribution in [2.75, 3.05) is 0 Å². The zero-order chi connectivity index (χ0) is 11.1. The highest BCUT2D eigenvalue weighted by Gasteiger charge is 2.61. The number of carboxylic acid groups (broad SMARTS) is 1. The first-order valence-electron chi connectivity index (χ1n) is 3.88. The Bertz CT molecular complexity index is 248. The number of alkyl halides is 3. The summed E-state index contributed by atoms with van der Waals surface area (Å²) in [5.74, 6) is -6.04. The maximum Gasteiger partial charge on any atom is 0.303 e. The van der Waals surface area contributed by atoms with E-state index in [0.29, 0.717) is 0 Å². The van der Waals surface area contributed by atoms with Gasteiger partial charge >= 0.3 is 5.97 Å². The van der Waals surface area contributed by atoms with E-state index in [1.54, 1.807) is 0 Å². The lowest BCUT2D eigenvalue weighted by atomic mass is 9.99. The summed E-state index contributed by atoms with van der Waals surface area (Å²) in [6.45, 7) is 0. The number of aliphatic hydroxyl groups is 2. The third-order valence-electron chi connectivity index (χ3n) is 2.32. The van der Waals surface area contributed by atoms with Crippen molar-refractivity contribution in [2.45, 2.75) is 28.5 Å². The van der Waals surface area contributed by atoms with Gasteiger partial charge in [-0.05, 0) is 0 Å². The molecule has 14 heavy (non-hydrogen) atoms. The van der Waals surface area contributed by atoms with Crippen LogP contribution in [0.4, 0.5) is 8.78 Å². The first-order chi connectivity index (χ1) is 6.28. The van der Waals surface area contributed by atoms with E-state index in [-0.39, 0.29) is 0 Å². The molecule has 0 amide bonds. The average molecular weight is 322 g/mol. The SMILES string of the molecule is O=C(O)CC1C(O)C(I)C(F)(F)C1O. The molecule has 1 fully saturated rings. The lowest BCUT2D eigenvalue weighted by Gasteiger charge is -2.18. The van der Waals surface area contributed by atoms with Gasteiger partial charge in [-0.3, -0.25) is 4.79 Å². The molecule has 0 bridgehead atoms. The van der Waals surface area contributed by atoms with Crippen LogP contribution in [-0.2, 0) is 4.79 Å². The first-order valence-corrected chi connectivity index (χ1v) is 5.13. The Morgan fingerprint density at radius 2 is 1.93 bits per heavy atom. The minimum absolute atomic E-state index is 0.655. The molecule has 0 aromatic heterocycles. The van der Waals surface area contributed by atoms with Crippen molar-refractivity contribution >= 4 is 28.6 Å². The lowest BCUT2D eigenvalue weighted by molar-refractivity contribution is -0.141. The quantitative estimate of drug-likeness (QED) is 0.503. The monoisotopic (exact) mass is 322 g/mol. The summed E-state index contributed by atoms with van der Waals surface area (Å²) in [4.78, 5) is 10.3. The van der Waals surface area contributed by atoms with Crippen LogP contribution >= 0.6 is 22.6 Å². The predicted octanol–water partition coefficient (Wildman–Crippen LogP) is 0.252. The topological polar surface area (TPSA) is 77.8 Å². The molecule has 0 saturated heterocycles. The maximum atomic E-state index is 13.1. The van der Waals surface area contributed by atoms with E-state index in [4.69, 9.17) is 10.2 Å². The summed E-state index contributed by atoms with van der Waals surface area (Å²) in [7, 11) is 0. The van der Waals surface area contributed by atoms with Gasteiger partial charge in [0.2, 0.25) is 0 Å². The minimum atomic E-state index is -3.43. The van der Waals surface area contributed by atoms with Gasteiger partial charge in [0.15, 0.2) is 0 Å². The smallest absolute Gasteiger partial charge is 0.303 e. The van der Waals surface area contributed by atoms with E-state index in [2.05, 4.69) is 0 Å². The van der Waals surface area contributed by atoms with Crippen molar-refractivity contribution < 1.29 is 28.9 Å². The van der Waals surface area contributed by atoms with Crippen LogP contribution in [0, 0.1) is 5.92 Å². The van der Waals surface area contributed by atoms with Crippen LogP contribution in [0.15, 0.2) is 0 Å². The van der Waals surface area contributed by atoms with Gasteiger partial charge in [0.1, 0.15) is 10.0 Å². The highest BCUT2D eigenvalue weighted by atomic mass is 127. The standard InChI is InChI=1S/C7H9F2IO4/c8-7(9)5(10)4(13)2(6(7)14)1-3(11)12/h2,4-6,13-14H,1H2,(H,11,12). The van der Waals surface area contributed by atoms with Crippen molar-refractivity contribution in [3.8, 4) is 0 Å². The predicted molar refractivity (Wildman–Crippen MR) is 50.5 cm³/mol. The number of carboxylic acids is 1. The molecule has 1 saturated carbocycles. The Kier molecular flexibility index (Phi) is 3.32. The van der Waals surface area contributed by atoms with Gasteiger partial charge in [0, 0.05) is 5.92 Å². The van der Waals surface area contributed by atoms with Gasteiger partial charge in [0.25, 0.3) is 5.92 Å². The number of carbonyl (C=O) groups is 1.